The van der Waals surface area contributed by atoms with E-state index in [-0.39, 0.29) is 11.3 Å². The van der Waals surface area contributed by atoms with Crippen molar-refractivity contribution >= 4 is 17.6 Å². The zero-order valence-corrected chi connectivity index (χ0v) is 11.0. The van der Waals surface area contributed by atoms with Crippen molar-refractivity contribution < 1.29 is 14.7 Å². The van der Waals surface area contributed by atoms with Gasteiger partial charge in [0.05, 0.1) is 5.56 Å². The van der Waals surface area contributed by atoms with Gasteiger partial charge in [-0.05, 0) is 30.2 Å². The zero-order chi connectivity index (χ0) is 14.5. The number of aryl methyl sites for hydroxylation is 1. The highest BCUT2D eigenvalue weighted by Crippen LogP contribution is 2.17. The maximum atomic E-state index is 12.2. The van der Waals surface area contributed by atoms with Crippen LogP contribution in [0, 0.1) is 0 Å². The molecule has 2 N–H and O–H groups in total. The first-order valence-electron chi connectivity index (χ1n) is 6.21. The number of carboxylic acids is 1. The van der Waals surface area contributed by atoms with Gasteiger partial charge >= 0.3 is 5.97 Å². The third-order valence-electron chi connectivity index (χ3n) is 2.90. The summed E-state index contributed by atoms with van der Waals surface area (Å²) in [6.07, 6.45) is 2.16. The summed E-state index contributed by atoms with van der Waals surface area (Å²) in [5, 5.41) is 11.8. The average Bonchev–Trinajstić information content (AvgIpc) is 2.47. The number of carboxylic acid groups (broad SMARTS) is 1. The molecule has 1 aromatic carbocycles. The second-order valence-electron chi connectivity index (χ2n) is 4.17. The van der Waals surface area contributed by atoms with Gasteiger partial charge in [-0.25, -0.2) is 4.79 Å². The van der Waals surface area contributed by atoms with Gasteiger partial charge in [-0.1, -0.05) is 25.1 Å². The third kappa shape index (κ3) is 2.83. The first kappa shape index (κ1) is 13.7. The molecule has 0 unspecified atom stereocenters. The number of carbonyl (C=O) groups excluding carboxylic acids is 1. The number of nitrogens with zero attached hydrogens (tertiary/aromatic N) is 1. The van der Waals surface area contributed by atoms with Crippen molar-refractivity contribution in [1.82, 2.24) is 4.98 Å². The molecule has 1 amide bonds. The number of rotatable bonds is 4. The van der Waals surface area contributed by atoms with Crippen molar-refractivity contribution in [2.75, 3.05) is 5.32 Å². The van der Waals surface area contributed by atoms with Crippen molar-refractivity contribution in [3.63, 3.8) is 0 Å². The lowest BCUT2D eigenvalue weighted by Crippen LogP contribution is -2.18. The number of hydrogen-bond acceptors (Lipinski definition) is 3. The van der Waals surface area contributed by atoms with Crippen LogP contribution in [0.2, 0.25) is 0 Å². The molecule has 0 aliphatic rings. The molecule has 5 nitrogen and oxygen atoms in total. The monoisotopic (exact) mass is 270 g/mol. The molecule has 0 aliphatic carbocycles. The third-order valence-corrected chi connectivity index (χ3v) is 2.90. The SMILES string of the molecule is CCc1ccccc1NC(=O)c1ncccc1C(=O)O. The fourth-order valence-electron chi connectivity index (χ4n) is 1.89. The van der Waals surface area contributed by atoms with E-state index in [1.54, 1.807) is 6.07 Å². The lowest BCUT2D eigenvalue weighted by atomic mass is 10.1. The number of amides is 1. The van der Waals surface area contributed by atoms with Gasteiger partial charge in [0.2, 0.25) is 0 Å². The van der Waals surface area contributed by atoms with Crippen molar-refractivity contribution in [3.8, 4) is 0 Å². The van der Waals surface area contributed by atoms with E-state index in [1.165, 1.54) is 18.3 Å². The van der Waals surface area contributed by atoms with Crippen molar-refractivity contribution in [1.29, 1.82) is 0 Å². The Hall–Kier alpha value is -2.69. The number of nitrogens with one attached hydrogen (secondary N) is 1. The fourth-order valence-corrected chi connectivity index (χ4v) is 1.89. The molecule has 0 saturated carbocycles. The molecule has 102 valence electrons. The number of hydrogen-bond donors (Lipinski definition) is 2. The summed E-state index contributed by atoms with van der Waals surface area (Å²) in [6, 6.07) is 10.2. The molecule has 1 heterocycles. The van der Waals surface area contributed by atoms with E-state index in [1.807, 2.05) is 25.1 Å². The maximum Gasteiger partial charge on any atom is 0.338 e. The summed E-state index contributed by atoms with van der Waals surface area (Å²) in [4.78, 5) is 27.1. The Bertz CT molecular complexity index is 653. The smallest absolute Gasteiger partial charge is 0.338 e. The number of benzene rings is 1. The quantitative estimate of drug-likeness (QED) is 0.895. The maximum absolute atomic E-state index is 12.2. The highest BCUT2D eigenvalue weighted by Gasteiger charge is 2.18. The molecule has 1 aromatic heterocycles. The van der Waals surface area contributed by atoms with Gasteiger partial charge in [-0.2, -0.15) is 0 Å². The Labute approximate surface area is 116 Å². The Morgan fingerprint density at radius 2 is 1.95 bits per heavy atom. The van der Waals surface area contributed by atoms with Crippen LogP contribution in [0.4, 0.5) is 5.69 Å². The highest BCUT2D eigenvalue weighted by atomic mass is 16.4. The van der Waals surface area contributed by atoms with Gasteiger partial charge in [-0.15, -0.1) is 0 Å². The van der Waals surface area contributed by atoms with E-state index in [0.29, 0.717) is 5.69 Å². The molecule has 0 aliphatic heterocycles. The van der Waals surface area contributed by atoms with Gasteiger partial charge in [0.1, 0.15) is 5.69 Å². The zero-order valence-electron chi connectivity index (χ0n) is 11.0. The molecule has 2 rings (SSSR count). The van der Waals surface area contributed by atoms with Gasteiger partial charge in [0.15, 0.2) is 0 Å². The normalized spacial score (nSPS) is 10.1. The van der Waals surface area contributed by atoms with E-state index in [2.05, 4.69) is 10.3 Å². The van der Waals surface area contributed by atoms with Crippen LogP contribution in [0.15, 0.2) is 42.6 Å². The first-order chi connectivity index (χ1) is 9.63. The summed E-state index contributed by atoms with van der Waals surface area (Å²) in [7, 11) is 0. The topological polar surface area (TPSA) is 79.3 Å². The predicted molar refractivity (Wildman–Crippen MR) is 75.0 cm³/mol. The van der Waals surface area contributed by atoms with Crippen LogP contribution >= 0.6 is 0 Å². The largest absolute Gasteiger partial charge is 0.478 e. The van der Waals surface area contributed by atoms with Crippen LogP contribution in [0.3, 0.4) is 0 Å². The Morgan fingerprint density at radius 3 is 2.65 bits per heavy atom. The van der Waals surface area contributed by atoms with Gasteiger partial charge in [0.25, 0.3) is 5.91 Å². The van der Waals surface area contributed by atoms with E-state index < -0.39 is 11.9 Å². The van der Waals surface area contributed by atoms with Crippen molar-refractivity contribution in [2.45, 2.75) is 13.3 Å². The minimum Gasteiger partial charge on any atom is -0.478 e. The molecule has 0 radical (unpaired) electrons. The number of anilines is 1. The second-order valence-corrected chi connectivity index (χ2v) is 4.17. The number of pyridine rings is 1. The van der Waals surface area contributed by atoms with E-state index in [4.69, 9.17) is 5.11 Å². The highest BCUT2D eigenvalue weighted by molar-refractivity contribution is 6.09. The van der Waals surface area contributed by atoms with Crippen LogP contribution in [0.1, 0.15) is 33.3 Å². The van der Waals surface area contributed by atoms with Gasteiger partial charge in [-0.3, -0.25) is 9.78 Å². The number of carbonyl (C=O) groups is 2. The van der Waals surface area contributed by atoms with Crippen molar-refractivity contribution in [2.24, 2.45) is 0 Å². The van der Waals surface area contributed by atoms with Crippen LogP contribution in [0.25, 0.3) is 0 Å². The lowest BCUT2D eigenvalue weighted by Gasteiger charge is -2.10. The van der Waals surface area contributed by atoms with E-state index in [0.717, 1.165) is 12.0 Å². The van der Waals surface area contributed by atoms with Crippen LogP contribution < -0.4 is 5.32 Å². The average molecular weight is 270 g/mol. The Morgan fingerprint density at radius 1 is 1.20 bits per heavy atom. The van der Waals surface area contributed by atoms with Crippen LogP contribution in [-0.2, 0) is 6.42 Å². The van der Waals surface area contributed by atoms with Gasteiger partial charge in [0, 0.05) is 11.9 Å². The fraction of sp³-hybridized carbons (Fsp3) is 0.133. The van der Waals surface area contributed by atoms with Crippen molar-refractivity contribution in [3.05, 3.63) is 59.4 Å². The molecule has 2 aromatic rings. The molecule has 0 spiro atoms. The minimum atomic E-state index is -1.17. The summed E-state index contributed by atoms with van der Waals surface area (Å²) in [6.45, 7) is 1.98. The minimum absolute atomic E-state index is 0.0918. The molecular formula is C15H14N2O3. The van der Waals surface area contributed by atoms with Crippen LogP contribution in [-0.4, -0.2) is 22.0 Å². The molecule has 5 heteroatoms. The Balaban J connectivity index is 2.31. The summed E-state index contributed by atoms with van der Waals surface area (Å²) in [5.41, 5.74) is 1.44. The van der Waals surface area contributed by atoms with E-state index >= 15 is 0 Å². The molecule has 20 heavy (non-hydrogen) atoms. The lowest BCUT2D eigenvalue weighted by molar-refractivity contribution is 0.0691. The molecule has 0 bridgehead atoms. The summed E-state index contributed by atoms with van der Waals surface area (Å²) < 4.78 is 0. The molecule has 0 saturated heterocycles. The summed E-state index contributed by atoms with van der Waals surface area (Å²) >= 11 is 0. The van der Waals surface area contributed by atoms with E-state index in [9.17, 15) is 9.59 Å². The first-order valence-corrected chi connectivity index (χ1v) is 6.21. The molecular weight excluding hydrogens is 256 g/mol. The number of aromatic carboxylic acids is 1. The van der Waals surface area contributed by atoms with Crippen LogP contribution in [0.5, 0.6) is 0 Å². The predicted octanol–water partition coefficient (Wildman–Crippen LogP) is 2.59. The van der Waals surface area contributed by atoms with Gasteiger partial charge < -0.3 is 10.4 Å². The number of para-hydroxylation sites is 1. The molecule has 0 atom stereocenters. The summed E-state index contributed by atoms with van der Waals surface area (Å²) in [5.74, 6) is -1.70. The molecule has 0 fully saturated rings. The Kier molecular flexibility index (Phi) is 4.10. The second kappa shape index (κ2) is 5.97. The standard InChI is InChI=1S/C15H14N2O3/c1-2-10-6-3-4-8-12(10)17-14(18)13-11(15(19)20)7-5-9-16-13/h3-9H,2H2,1H3,(H,17,18)(H,19,20). The number of aromatic nitrogens is 1.